The zero-order chi connectivity index (χ0) is 24.4. The summed E-state index contributed by atoms with van der Waals surface area (Å²) in [7, 11) is 0. The van der Waals surface area contributed by atoms with E-state index >= 15 is 0 Å². The summed E-state index contributed by atoms with van der Waals surface area (Å²) in [6.45, 7) is 8.61. The largest absolute Gasteiger partial charge is 0.508 e. The highest BCUT2D eigenvalue weighted by atomic mass is 32.2. The second-order valence-corrected chi connectivity index (χ2v) is 11.4. The first-order valence-electron chi connectivity index (χ1n) is 12.6. The zero-order valence-corrected chi connectivity index (χ0v) is 21.3. The van der Waals surface area contributed by atoms with E-state index in [0.29, 0.717) is 18.4 Å². The third-order valence-electron chi connectivity index (χ3n) is 7.49. The van der Waals surface area contributed by atoms with E-state index in [1.807, 2.05) is 30.4 Å². The molecule has 1 fully saturated rings. The van der Waals surface area contributed by atoms with Crippen LogP contribution in [0.1, 0.15) is 44.8 Å². The Bertz CT molecular complexity index is 1100. The van der Waals surface area contributed by atoms with Crippen molar-refractivity contribution in [3.05, 3.63) is 71.8 Å². The molecule has 4 atom stereocenters. The third-order valence-corrected chi connectivity index (χ3v) is 8.83. The minimum Gasteiger partial charge on any atom is -0.508 e. The van der Waals surface area contributed by atoms with Gasteiger partial charge in [0.1, 0.15) is 30.0 Å². The maximum absolute atomic E-state index is 10.2. The Morgan fingerprint density at radius 2 is 2.03 bits per heavy atom. The fraction of sp³-hybridized carbons (Fsp3) is 0.448. The molecule has 5 nitrogen and oxygen atoms in total. The van der Waals surface area contributed by atoms with Crippen LogP contribution in [0.3, 0.4) is 0 Å². The van der Waals surface area contributed by atoms with Crippen molar-refractivity contribution < 1.29 is 19.7 Å². The molecule has 186 valence electrons. The van der Waals surface area contributed by atoms with Crippen molar-refractivity contribution in [3.63, 3.8) is 0 Å². The molecule has 0 spiro atoms. The van der Waals surface area contributed by atoms with Gasteiger partial charge in [-0.3, -0.25) is 4.90 Å². The molecule has 2 aromatic carbocycles. The highest BCUT2D eigenvalue weighted by Crippen LogP contribution is 2.49. The lowest BCUT2D eigenvalue weighted by Gasteiger charge is -2.35. The van der Waals surface area contributed by atoms with Crippen LogP contribution in [0.2, 0.25) is 0 Å². The summed E-state index contributed by atoms with van der Waals surface area (Å²) < 4.78 is 12.5. The van der Waals surface area contributed by atoms with Crippen molar-refractivity contribution in [1.29, 1.82) is 0 Å². The zero-order valence-electron chi connectivity index (χ0n) is 20.5. The molecule has 0 bridgehead atoms. The fourth-order valence-corrected chi connectivity index (χ4v) is 6.42. The molecule has 0 saturated carbocycles. The average Bonchev–Trinajstić information content (AvgIpc) is 3.25. The second-order valence-electron chi connectivity index (χ2n) is 10.2. The van der Waals surface area contributed by atoms with Crippen LogP contribution in [0, 0.1) is 5.41 Å². The van der Waals surface area contributed by atoms with Crippen molar-refractivity contribution in [2.24, 2.45) is 5.41 Å². The summed E-state index contributed by atoms with van der Waals surface area (Å²) >= 11 is 1.66. The molecule has 2 aliphatic heterocycles. The Kier molecular flexibility index (Phi) is 7.14. The Labute approximate surface area is 212 Å². The summed E-state index contributed by atoms with van der Waals surface area (Å²) in [5.41, 5.74) is 2.55. The number of nitrogens with zero attached hydrogens (tertiary/aromatic N) is 1. The third kappa shape index (κ3) is 5.55. The van der Waals surface area contributed by atoms with E-state index in [2.05, 4.69) is 37.0 Å². The number of likely N-dealkylation sites (tertiary alicyclic amines) is 1. The lowest BCUT2D eigenvalue weighted by Crippen LogP contribution is -2.28. The summed E-state index contributed by atoms with van der Waals surface area (Å²) in [4.78, 5) is 3.41. The number of hydrogen-bond acceptors (Lipinski definition) is 6. The van der Waals surface area contributed by atoms with E-state index in [9.17, 15) is 10.2 Å². The highest BCUT2D eigenvalue weighted by molar-refractivity contribution is 8.00. The summed E-state index contributed by atoms with van der Waals surface area (Å²) in [5.74, 6) is 1.85. The number of phenols is 1. The second kappa shape index (κ2) is 10.3. The number of aliphatic hydroxyl groups excluding tert-OH is 1. The Morgan fingerprint density at radius 3 is 2.77 bits per heavy atom. The van der Waals surface area contributed by atoms with Crippen LogP contribution in [0.15, 0.2) is 71.2 Å². The molecule has 0 aromatic heterocycles. The van der Waals surface area contributed by atoms with Gasteiger partial charge in [-0.05, 0) is 72.7 Å². The minimum atomic E-state index is -0.483. The molecule has 1 unspecified atom stereocenters. The molecule has 2 N–H and O–H groups in total. The van der Waals surface area contributed by atoms with Crippen LogP contribution in [0.5, 0.6) is 17.2 Å². The Balaban J connectivity index is 1.28. The van der Waals surface area contributed by atoms with Crippen molar-refractivity contribution in [1.82, 2.24) is 4.90 Å². The molecule has 1 saturated heterocycles. The van der Waals surface area contributed by atoms with Crippen molar-refractivity contribution >= 4 is 11.8 Å². The molecule has 6 heteroatoms. The van der Waals surface area contributed by atoms with Crippen molar-refractivity contribution in [2.45, 2.75) is 55.5 Å². The number of phenolic OH excluding ortho intramolecular Hbond substituents is 1. The number of aromatic hydroxyl groups is 1. The van der Waals surface area contributed by atoms with E-state index < -0.39 is 6.10 Å². The smallest absolute Gasteiger partial charge is 0.140 e. The lowest BCUT2D eigenvalue weighted by molar-refractivity contribution is 0.196. The van der Waals surface area contributed by atoms with E-state index in [1.54, 1.807) is 23.9 Å². The van der Waals surface area contributed by atoms with Gasteiger partial charge in [0.05, 0.1) is 16.2 Å². The van der Waals surface area contributed by atoms with Crippen LogP contribution in [-0.2, 0) is 0 Å². The molecule has 35 heavy (non-hydrogen) atoms. The average molecular weight is 494 g/mol. The number of hydrogen-bond donors (Lipinski definition) is 2. The summed E-state index contributed by atoms with van der Waals surface area (Å²) in [6.07, 6.45) is 8.43. The molecule has 3 aliphatic rings. The van der Waals surface area contributed by atoms with Gasteiger partial charge in [0.2, 0.25) is 0 Å². The van der Waals surface area contributed by atoms with Gasteiger partial charge in [0.15, 0.2) is 0 Å². The van der Waals surface area contributed by atoms with Gasteiger partial charge < -0.3 is 19.7 Å². The Morgan fingerprint density at radius 1 is 1.20 bits per heavy atom. The van der Waals surface area contributed by atoms with Crippen LogP contribution in [-0.4, -0.2) is 52.7 Å². The SMILES string of the molecule is CC[C@@]1(C)CCN(CCOc2ccc([C@@H]3Oc4ccc(O)cc4S[C@@H]3C3=CC(O)CC=C3)cc2)C1. The number of allylic oxidation sites excluding steroid dienone is 1. The topological polar surface area (TPSA) is 62.2 Å². The minimum absolute atomic E-state index is 0.0367. The normalized spacial score (nSPS) is 28.3. The summed E-state index contributed by atoms with van der Waals surface area (Å²) in [5, 5.41) is 20.1. The van der Waals surface area contributed by atoms with Gasteiger partial charge in [0, 0.05) is 13.1 Å². The molecular weight excluding hydrogens is 458 g/mol. The molecule has 2 aromatic rings. The molecule has 5 rings (SSSR count). The standard InChI is InChI=1S/C29H35NO4S/c1-3-29(2)13-14-30(19-29)15-16-33-24-10-7-20(8-11-24)27-28(21-5-4-6-22(31)17-21)35-26-18-23(32)9-12-25(26)34-27/h4-5,7-12,17-18,22,27-28,31-32H,3,6,13-16,19H2,1-2H3/t22?,27-,28+,29-/m0/s1. The number of rotatable bonds is 7. The number of ether oxygens (including phenoxy) is 2. The van der Waals surface area contributed by atoms with Gasteiger partial charge in [-0.2, -0.15) is 0 Å². The van der Waals surface area contributed by atoms with E-state index in [4.69, 9.17) is 9.47 Å². The number of thioether (sulfide) groups is 1. The van der Waals surface area contributed by atoms with E-state index in [-0.39, 0.29) is 17.1 Å². The predicted molar refractivity (Wildman–Crippen MR) is 140 cm³/mol. The predicted octanol–water partition coefficient (Wildman–Crippen LogP) is 5.73. The molecule has 1 aliphatic carbocycles. The van der Waals surface area contributed by atoms with Crippen LogP contribution in [0.4, 0.5) is 0 Å². The number of aliphatic hydroxyl groups is 1. The Hall–Kier alpha value is -2.41. The number of benzene rings is 2. The van der Waals surface area contributed by atoms with Gasteiger partial charge in [0.25, 0.3) is 0 Å². The summed E-state index contributed by atoms with van der Waals surface area (Å²) in [6, 6.07) is 13.4. The quantitative estimate of drug-likeness (QED) is 0.513. The van der Waals surface area contributed by atoms with Crippen molar-refractivity contribution in [2.75, 3.05) is 26.2 Å². The van der Waals surface area contributed by atoms with E-state index in [1.165, 1.54) is 12.8 Å². The monoisotopic (exact) mass is 493 g/mol. The molecule has 0 amide bonds. The highest BCUT2D eigenvalue weighted by Gasteiger charge is 2.35. The lowest BCUT2D eigenvalue weighted by atomic mass is 9.87. The first-order valence-corrected chi connectivity index (χ1v) is 13.5. The van der Waals surface area contributed by atoms with Crippen LogP contribution in [0.25, 0.3) is 0 Å². The first kappa shape index (κ1) is 24.3. The maximum atomic E-state index is 10.2. The van der Waals surface area contributed by atoms with Gasteiger partial charge in [-0.15, -0.1) is 11.8 Å². The fourth-order valence-electron chi connectivity index (χ4n) is 5.10. The van der Waals surface area contributed by atoms with Crippen LogP contribution >= 0.6 is 11.8 Å². The maximum Gasteiger partial charge on any atom is 0.140 e. The van der Waals surface area contributed by atoms with Gasteiger partial charge in [-0.1, -0.05) is 44.2 Å². The van der Waals surface area contributed by atoms with Gasteiger partial charge in [-0.25, -0.2) is 0 Å². The van der Waals surface area contributed by atoms with Crippen molar-refractivity contribution in [3.8, 4) is 17.2 Å². The van der Waals surface area contributed by atoms with Crippen LogP contribution < -0.4 is 9.47 Å². The molecule has 2 heterocycles. The number of fused-ring (bicyclic) bond motifs is 1. The van der Waals surface area contributed by atoms with Gasteiger partial charge >= 0.3 is 0 Å². The van der Waals surface area contributed by atoms with E-state index in [0.717, 1.165) is 47.2 Å². The molecular formula is C29H35NO4S. The first-order chi connectivity index (χ1) is 16.9. The molecule has 0 radical (unpaired) electrons.